The molecule has 2 aromatic carbocycles. The molecule has 7 heteroatoms. The van der Waals surface area contributed by atoms with E-state index in [9.17, 15) is 4.79 Å². The Labute approximate surface area is 131 Å². The van der Waals surface area contributed by atoms with Gasteiger partial charge in [-0.15, -0.1) is 11.3 Å². The summed E-state index contributed by atoms with van der Waals surface area (Å²) in [6, 6.07) is 14.3. The number of thiazole rings is 1. The number of hydrogen-bond acceptors (Lipinski definition) is 5. The van der Waals surface area contributed by atoms with E-state index in [2.05, 4.69) is 10.3 Å². The van der Waals surface area contributed by atoms with E-state index in [-0.39, 0.29) is 5.91 Å². The number of fused-ring (bicyclic) bond motifs is 1. The molecule has 1 amide bonds. The van der Waals surface area contributed by atoms with E-state index in [0.29, 0.717) is 17.0 Å². The second-order valence-corrected chi connectivity index (χ2v) is 5.82. The molecule has 0 radical (unpaired) electrons. The Morgan fingerprint density at radius 1 is 1.14 bits per heavy atom. The van der Waals surface area contributed by atoms with Gasteiger partial charge in [-0.2, -0.15) is 0 Å². The predicted molar refractivity (Wildman–Crippen MR) is 87.1 cm³/mol. The molecule has 0 saturated carbocycles. The fraction of sp³-hybridized carbons (Fsp3) is 0.0667. The highest BCUT2D eigenvalue weighted by molar-refractivity contribution is 7.20. The molecule has 3 N–H and O–H groups in total. The van der Waals surface area contributed by atoms with E-state index in [1.54, 1.807) is 24.3 Å². The minimum atomic E-state index is -1.48. The van der Waals surface area contributed by atoms with Crippen LogP contribution in [0.15, 0.2) is 48.5 Å². The minimum absolute atomic E-state index is 0.215. The molecule has 3 rings (SSSR count). The van der Waals surface area contributed by atoms with Crippen molar-refractivity contribution in [2.75, 3.05) is 0 Å². The van der Waals surface area contributed by atoms with Gasteiger partial charge >= 0.3 is 7.12 Å². The molecular weight excluding hydrogens is 299 g/mol. The fourth-order valence-electron chi connectivity index (χ4n) is 2.03. The molecule has 0 spiro atoms. The quantitative estimate of drug-likeness (QED) is 0.625. The van der Waals surface area contributed by atoms with E-state index >= 15 is 0 Å². The van der Waals surface area contributed by atoms with Crippen LogP contribution < -0.4 is 10.8 Å². The minimum Gasteiger partial charge on any atom is -0.423 e. The van der Waals surface area contributed by atoms with Crippen LogP contribution in [0.5, 0.6) is 0 Å². The molecule has 1 aromatic heterocycles. The molecule has 0 aliphatic carbocycles. The Bertz CT molecular complexity index is 769. The summed E-state index contributed by atoms with van der Waals surface area (Å²) >= 11 is 1.36. The zero-order chi connectivity index (χ0) is 15.5. The lowest BCUT2D eigenvalue weighted by atomic mass is 9.80. The fourth-order valence-corrected chi connectivity index (χ4v) is 2.92. The molecule has 22 heavy (non-hydrogen) atoms. The molecule has 110 valence electrons. The van der Waals surface area contributed by atoms with E-state index in [1.165, 1.54) is 11.3 Å². The molecule has 5 nitrogen and oxygen atoms in total. The van der Waals surface area contributed by atoms with Crippen LogP contribution in [-0.4, -0.2) is 28.1 Å². The standard InChI is InChI=1S/C15H13BN2O3S/c19-14(15-18-12-3-1-2-4-13(12)22-15)17-9-10-5-7-11(8-6-10)16(20)21/h1-8,20-21H,9H2,(H,17,19). The molecule has 0 aliphatic heterocycles. The van der Waals surface area contributed by atoms with Crippen LogP contribution in [0.4, 0.5) is 0 Å². The highest BCUT2D eigenvalue weighted by Crippen LogP contribution is 2.21. The monoisotopic (exact) mass is 312 g/mol. The maximum absolute atomic E-state index is 12.1. The second kappa shape index (κ2) is 6.27. The Morgan fingerprint density at radius 3 is 2.55 bits per heavy atom. The SMILES string of the molecule is O=C(NCc1ccc(B(O)O)cc1)c1nc2ccccc2s1. The second-order valence-electron chi connectivity index (χ2n) is 4.78. The molecule has 0 fully saturated rings. The van der Waals surface area contributed by atoms with Crippen molar-refractivity contribution in [3.8, 4) is 0 Å². The van der Waals surface area contributed by atoms with Crippen molar-refractivity contribution < 1.29 is 14.8 Å². The molecular formula is C15H13BN2O3S. The maximum atomic E-state index is 12.1. The van der Waals surface area contributed by atoms with Crippen molar-refractivity contribution in [2.45, 2.75) is 6.54 Å². The number of nitrogens with zero attached hydrogens (tertiary/aromatic N) is 1. The number of carbonyl (C=O) groups excluding carboxylic acids is 1. The summed E-state index contributed by atoms with van der Waals surface area (Å²) in [5.74, 6) is -0.215. The third kappa shape index (κ3) is 3.17. The summed E-state index contributed by atoms with van der Waals surface area (Å²) < 4.78 is 0.980. The van der Waals surface area contributed by atoms with Gasteiger partial charge in [0.25, 0.3) is 5.91 Å². The van der Waals surface area contributed by atoms with Crippen molar-refractivity contribution in [1.82, 2.24) is 10.3 Å². The van der Waals surface area contributed by atoms with Crippen LogP contribution in [-0.2, 0) is 6.54 Å². The summed E-state index contributed by atoms with van der Waals surface area (Å²) in [6.07, 6.45) is 0. The van der Waals surface area contributed by atoms with Gasteiger partial charge in [0.1, 0.15) is 0 Å². The zero-order valence-electron chi connectivity index (χ0n) is 11.6. The molecule has 0 saturated heterocycles. The van der Waals surface area contributed by atoms with E-state index in [1.807, 2.05) is 24.3 Å². The zero-order valence-corrected chi connectivity index (χ0v) is 12.4. The van der Waals surface area contributed by atoms with Gasteiger partial charge in [0.15, 0.2) is 5.01 Å². The topological polar surface area (TPSA) is 82.5 Å². The number of rotatable bonds is 4. The highest BCUT2D eigenvalue weighted by atomic mass is 32.1. The summed E-state index contributed by atoms with van der Waals surface area (Å²) in [6.45, 7) is 0.358. The summed E-state index contributed by atoms with van der Waals surface area (Å²) in [5, 5.41) is 21.3. The lowest BCUT2D eigenvalue weighted by molar-refractivity contribution is 0.0950. The Balaban J connectivity index is 1.66. The lowest BCUT2D eigenvalue weighted by Gasteiger charge is -2.04. The Kier molecular flexibility index (Phi) is 4.19. The third-order valence-corrected chi connectivity index (χ3v) is 4.25. The molecule has 0 unspecified atom stereocenters. The molecule has 3 aromatic rings. The number of carbonyl (C=O) groups is 1. The van der Waals surface area contributed by atoms with Crippen LogP contribution in [0.25, 0.3) is 10.2 Å². The van der Waals surface area contributed by atoms with Crippen LogP contribution in [0.3, 0.4) is 0 Å². The number of benzene rings is 2. The van der Waals surface area contributed by atoms with E-state index < -0.39 is 7.12 Å². The first-order valence-electron chi connectivity index (χ1n) is 6.72. The molecule has 1 heterocycles. The van der Waals surface area contributed by atoms with Gasteiger partial charge in [0, 0.05) is 6.54 Å². The first-order valence-corrected chi connectivity index (χ1v) is 7.54. The van der Waals surface area contributed by atoms with Gasteiger partial charge < -0.3 is 15.4 Å². The average Bonchev–Trinajstić information content (AvgIpc) is 2.97. The van der Waals surface area contributed by atoms with Gasteiger partial charge in [-0.25, -0.2) is 4.98 Å². The van der Waals surface area contributed by atoms with Gasteiger partial charge in [0.2, 0.25) is 0 Å². The third-order valence-electron chi connectivity index (χ3n) is 3.22. The van der Waals surface area contributed by atoms with Crippen molar-refractivity contribution in [2.24, 2.45) is 0 Å². The van der Waals surface area contributed by atoms with Gasteiger partial charge in [-0.3, -0.25) is 4.79 Å². The Morgan fingerprint density at radius 2 is 1.86 bits per heavy atom. The van der Waals surface area contributed by atoms with E-state index in [0.717, 1.165) is 15.8 Å². The molecule has 0 atom stereocenters. The Hall–Kier alpha value is -2.22. The first-order chi connectivity index (χ1) is 10.6. The summed E-state index contributed by atoms with van der Waals surface area (Å²) in [5.41, 5.74) is 2.11. The normalized spacial score (nSPS) is 10.6. The number of hydrogen-bond donors (Lipinski definition) is 3. The summed E-state index contributed by atoms with van der Waals surface area (Å²) in [7, 11) is -1.48. The van der Waals surface area contributed by atoms with Gasteiger partial charge in [-0.1, -0.05) is 36.4 Å². The average molecular weight is 312 g/mol. The highest BCUT2D eigenvalue weighted by Gasteiger charge is 2.12. The van der Waals surface area contributed by atoms with Crippen molar-refractivity contribution in [1.29, 1.82) is 0 Å². The van der Waals surface area contributed by atoms with Crippen LogP contribution in [0.1, 0.15) is 15.4 Å². The summed E-state index contributed by atoms with van der Waals surface area (Å²) in [4.78, 5) is 16.4. The smallest absolute Gasteiger partial charge is 0.423 e. The molecule has 0 bridgehead atoms. The van der Waals surface area contributed by atoms with Gasteiger partial charge in [-0.05, 0) is 23.2 Å². The molecule has 0 aliphatic rings. The lowest BCUT2D eigenvalue weighted by Crippen LogP contribution is -2.29. The number of amides is 1. The van der Waals surface area contributed by atoms with Crippen LogP contribution in [0, 0.1) is 0 Å². The van der Waals surface area contributed by atoms with Crippen molar-refractivity contribution >= 4 is 40.0 Å². The number of nitrogens with one attached hydrogen (secondary N) is 1. The van der Waals surface area contributed by atoms with Gasteiger partial charge in [0.05, 0.1) is 10.2 Å². The number of para-hydroxylation sites is 1. The van der Waals surface area contributed by atoms with Crippen LogP contribution in [0.2, 0.25) is 0 Å². The van der Waals surface area contributed by atoms with Crippen LogP contribution >= 0.6 is 11.3 Å². The predicted octanol–water partition coefficient (Wildman–Crippen LogP) is 0.906. The maximum Gasteiger partial charge on any atom is 0.488 e. The number of aromatic nitrogens is 1. The largest absolute Gasteiger partial charge is 0.488 e. The van der Waals surface area contributed by atoms with Crippen molar-refractivity contribution in [3.05, 3.63) is 59.1 Å². The first kappa shape index (κ1) is 14.7. The van der Waals surface area contributed by atoms with E-state index in [4.69, 9.17) is 10.0 Å². The van der Waals surface area contributed by atoms with Crippen molar-refractivity contribution in [3.63, 3.8) is 0 Å².